The van der Waals surface area contributed by atoms with Gasteiger partial charge in [0.1, 0.15) is 12.0 Å². The summed E-state index contributed by atoms with van der Waals surface area (Å²) >= 11 is 1.79. The smallest absolute Gasteiger partial charge is 0.288 e. The van der Waals surface area contributed by atoms with E-state index in [9.17, 15) is 14.9 Å². The van der Waals surface area contributed by atoms with Gasteiger partial charge in [-0.05, 0) is 24.9 Å². The van der Waals surface area contributed by atoms with Crippen molar-refractivity contribution in [2.45, 2.75) is 19.3 Å². The van der Waals surface area contributed by atoms with Crippen molar-refractivity contribution in [3.05, 3.63) is 27.9 Å². The predicted molar refractivity (Wildman–Crippen MR) is 79.9 cm³/mol. The molecule has 0 radical (unpaired) electrons. The van der Waals surface area contributed by atoms with Gasteiger partial charge in [0.2, 0.25) is 0 Å². The van der Waals surface area contributed by atoms with Crippen LogP contribution in [-0.4, -0.2) is 34.4 Å². The Labute approximate surface area is 121 Å². The minimum absolute atomic E-state index is 0.00418. The largest absolute Gasteiger partial charge is 0.383 e. The molecule has 7 nitrogen and oxygen atoms in total. The second-order valence-electron chi connectivity index (χ2n) is 4.19. The van der Waals surface area contributed by atoms with Crippen molar-refractivity contribution >= 4 is 29.2 Å². The summed E-state index contributed by atoms with van der Waals surface area (Å²) in [5, 5.41) is 13.3. The Morgan fingerprint density at radius 2 is 2.25 bits per heavy atom. The summed E-state index contributed by atoms with van der Waals surface area (Å²) in [7, 11) is 0. The van der Waals surface area contributed by atoms with Crippen molar-refractivity contribution in [1.29, 1.82) is 0 Å². The number of anilines is 1. The molecule has 0 aliphatic rings. The van der Waals surface area contributed by atoms with Gasteiger partial charge in [-0.15, -0.1) is 0 Å². The van der Waals surface area contributed by atoms with Crippen molar-refractivity contribution < 1.29 is 9.72 Å². The number of nitrogen functional groups attached to an aromatic ring is 1. The van der Waals surface area contributed by atoms with Crippen molar-refractivity contribution in [1.82, 2.24) is 10.3 Å². The third kappa shape index (κ3) is 5.04. The van der Waals surface area contributed by atoms with Crippen molar-refractivity contribution in [3.63, 3.8) is 0 Å². The van der Waals surface area contributed by atoms with Crippen LogP contribution in [0.5, 0.6) is 0 Å². The predicted octanol–water partition coefficient (Wildman–Crippen LogP) is 1.84. The van der Waals surface area contributed by atoms with E-state index in [-0.39, 0.29) is 17.1 Å². The lowest BCUT2D eigenvalue weighted by Gasteiger charge is -2.06. The van der Waals surface area contributed by atoms with Crippen LogP contribution in [0.1, 0.15) is 29.6 Å². The second-order valence-corrected chi connectivity index (χ2v) is 5.18. The number of amides is 1. The number of nitrogens with two attached hydrogens (primary N) is 1. The molecule has 0 aliphatic heterocycles. The summed E-state index contributed by atoms with van der Waals surface area (Å²) < 4.78 is 0. The monoisotopic (exact) mass is 298 g/mol. The molecule has 1 aromatic heterocycles. The first kappa shape index (κ1) is 16.2. The molecule has 0 saturated carbocycles. The summed E-state index contributed by atoms with van der Waals surface area (Å²) in [6, 6.07) is 1.14. The molecule has 0 aliphatic carbocycles. The van der Waals surface area contributed by atoms with Gasteiger partial charge in [0, 0.05) is 12.6 Å². The molecule has 20 heavy (non-hydrogen) atoms. The Morgan fingerprint density at radius 1 is 1.50 bits per heavy atom. The molecule has 0 spiro atoms. The van der Waals surface area contributed by atoms with Crippen LogP contribution in [-0.2, 0) is 0 Å². The van der Waals surface area contributed by atoms with Crippen LogP contribution in [0.15, 0.2) is 12.3 Å². The van der Waals surface area contributed by atoms with Gasteiger partial charge >= 0.3 is 0 Å². The van der Waals surface area contributed by atoms with Gasteiger partial charge in [0.15, 0.2) is 0 Å². The summed E-state index contributed by atoms with van der Waals surface area (Å²) in [4.78, 5) is 25.6. The number of aromatic nitrogens is 1. The fourth-order valence-electron chi connectivity index (χ4n) is 1.59. The normalized spacial score (nSPS) is 10.2. The highest BCUT2D eigenvalue weighted by atomic mass is 32.2. The molecule has 1 rings (SSSR count). The number of pyridine rings is 1. The average molecular weight is 298 g/mol. The summed E-state index contributed by atoms with van der Waals surface area (Å²) in [6.45, 7) is 0.523. The lowest BCUT2D eigenvalue weighted by molar-refractivity contribution is -0.385. The maximum absolute atomic E-state index is 11.9. The van der Waals surface area contributed by atoms with Gasteiger partial charge in [-0.1, -0.05) is 6.42 Å². The Balaban J connectivity index is 2.50. The van der Waals surface area contributed by atoms with Gasteiger partial charge in [-0.25, -0.2) is 4.98 Å². The van der Waals surface area contributed by atoms with E-state index in [2.05, 4.69) is 16.6 Å². The molecule has 1 amide bonds. The summed E-state index contributed by atoms with van der Waals surface area (Å²) in [5.74, 6) is 0.675. The first-order valence-corrected chi connectivity index (χ1v) is 7.62. The van der Waals surface area contributed by atoms with Crippen LogP contribution in [0.4, 0.5) is 11.5 Å². The Bertz CT molecular complexity index is 482. The number of unbranched alkanes of at least 4 members (excludes halogenated alkanes) is 2. The number of hydrogen-bond donors (Lipinski definition) is 2. The molecule has 0 fully saturated rings. The highest BCUT2D eigenvalue weighted by Gasteiger charge is 2.16. The van der Waals surface area contributed by atoms with Gasteiger partial charge in [0.05, 0.1) is 10.5 Å². The maximum atomic E-state index is 11.9. The van der Waals surface area contributed by atoms with E-state index in [4.69, 9.17) is 5.73 Å². The fourth-order valence-corrected chi connectivity index (χ4v) is 2.08. The zero-order chi connectivity index (χ0) is 15.0. The number of carbonyl (C=O) groups is 1. The molecular formula is C12H18N4O3S. The van der Waals surface area contributed by atoms with Crippen molar-refractivity contribution in [2.24, 2.45) is 0 Å². The lowest BCUT2D eigenvalue weighted by Crippen LogP contribution is -2.25. The minimum Gasteiger partial charge on any atom is -0.383 e. The number of nitrogens with zero attached hydrogens (tertiary/aromatic N) is 2. The van der Waals surface area contributed by atoms with Gasteiger partial charge in [0.25, 0.3) is 11.6 Å². The van der Waals surface area contributed by atoms with E-state index in [1.165, 1.54) is 0 Å². The number of hydrogen-bond acceptors (Lipinski definition) is 6. The number of rotatable bonds is 8. The average Bonchev–Trinajstić information content (AvgIpc) is 2.42. The van der Waals surface area contributed by atoms with E-state index in [0.29, 0.717) is 6.54 Å². The molecule has 0 aromatic carbocycles. The van der Waals surface area contributed by atoms with E-state index in [1.807, 2.05) is 0 Å². The van der Waals surface area contributed by atoms with E-state index in [1.54, 1.807) is 11.8 Å². The fraction of sp³-hybridized carbons (Fsp3) is 0.500. The van der Waals surface area contributed by atoms with Crippen molar-refractivity contribution in [3.8, 4) is 0 Å². The summed E-state index contributed by atoms with van der Waals surface area (Å²) in [5.41, 5.74) is 5.36. The molecule has 1 heterocycles. The van der Waals surface area contributed by atoms with Crippen LogP contribution in [0.2, 0.25) is 0 Å². The quantitative estimate of drug-likeness (QED) is 0.430. The van der Waals surface area contributed by atoms with Crippen molar-refractivity contribution in [2.75, 3.05) is 24.3 Å². The highest BCUT2D eigenvalue weighted by molar-refractivity contribution is 7.98. The maximum Gasteiger partial charge on any atom is 0.288 e. The highest BCUT2D eigenvalue weighted by Crippen LogP contribution is 2.16. The lowest BCUT2D eigenvalue weighted by atomic mass is 10.2. The van der Waals surface area contributed by atoms with E-state index in [0.717, 1.165) is 37.3 Å². The molecule has 110 valence electrons. The number of carbonyl (C=O) groups excluding carboxylic acids is 1. The van der Waals surface area contributed by atoms with Crippen LogP contribution >= 0.6 is 11.8 Å². The molecule has 0 atom stereocenters. The first-order valence-electron chi connectivity index (χ1n) is 6.23. The van der Waals surface area contributed by atoms with Crippen LogP contribution < -0.4 is 11.1 Å². The number of nitro groups is 1. The molecule has 3 N–H and O–H groups in total. The number of nitrogens with one attached hydrogen (secondary N) is 1. The SMILES string of the molecule is CSCCCCCNC(=O)c1cc([N+](=O)[O-])cnc1N. The molecule has 0 saturated heterocycles. The first-order chi connectivity index (χ1) is 9.56. The second kappa shape index (κ2) is 8.36. The molecule has 0 bridgehead atoms. The van der Waals surface area contributed by atoms with Gasteiger partial charge < -0.3 is 11.1 Å². The van der Waals surface area contributed by atoms with E-state index < -0.39 is 10.8 Å². The Hall–Kier alpha value is -1.83. The van der Waals surface area contributed by atoms with Crippen LogP contribution in [0, 0.1) is 10.1 Å². The molecular weight excluding hydrogens is 280 g/mol. The van der Waals surface area contributed by atoms with Crippen LogP contribution in [0.3, 0.4) is 0 Å². The van der Waals surface area contributed by atoms with Gasteiger partial charge in [-0.2, -0.15) is 11.8 Å². The third-order valence-corrected chi connectivity index (χ3v) is 3.37. The zero-order valence-corrected chi connectivity index (χ0v) is 12.1. The van der Waals surface area contributed by atoms with E-state index >= 15 is 0 Å². The Kier molecular flexibility index (Phi) is 6.78. The van der Waals surface area contributed by atoms with Crippen LogP contribution in [0.25, 0.3) is 0 Å². The summed E-state index contributed by atoms with van der Waals surface area (Å²) in [6.07, 6.45) is 6.10. The zero-order valence-electron chi connectivity index (χ0n) is 11.3. The minimum atomic E-state index is -0.606. The van der Waals surface area contributed by atoms with Gasteiger partial charge in [-0.3, -0.25) is 14.9 Å². The number of thioether (sulfide) groups is 1. The standard InChI is InChI=1S/C12H18N4O3S/c1-20-6-4-2-3-5-14-12(17)10-7-9(16(18)19)8-15-11(10)13/h7-8H,2-6H2,1H3,(H2,13,15)(H,14,17). The molecule has 1 aromatic rings. The third-order valence-electron chi connectivity index (χ3n) is 2.67. The molecule has 8 heteroatoms. The molecule has 0 unspecified atom stereocenters. The topological polar surface area (TPSA) is 111 Å². The Morgan fingerprint density at radius 3 is 2.90 bits per heavy atom.